The highest BCUT2D eigenvalue weighted by Gasteiger charge is 2.18. The van der Waals surface area contributed by atoms with Crippen molar-refractivity contribution in [2.45, 2.75) is 0 Å². The van der Waals surface area contributed by atoms with E-state index in [1.807, 2.05) is 18.2 Å². The van der Waals surface area contributed by atoms with Crippen LogP contribution in [0.25, 0.3) is 10.2 Å². The topological polar surface area (TPSA) is 89.6 Å². The molecule has 1 aromatic heterocycles. The van der Waals surface area contributed by atoms with Crippen LogP contribution in [0.1, 0.15) is 10.4 Å². The Morgan fingerprint density at radius 3 is 3.04 bits per heavy atom. The number of hydrogen-bond donors (Lipinski definition) is 2. The van der Waals surface area contributed by atoms with E-state index < -0.39 is 0 Å². The Kier molecular flexibility index (Phi) is 3.73. The average molecular weight is 355 g/mol. The number of benzene rings is 2. The smallest absolute Gasteiger partial charge is 0.262 e. The molecule has 0 radical (unpaired) electrons. The first kappa shape index (κ1) is 15.4. The number of thiazole rings is 1. The molecule has 2 amide bonds. The molecule has 126 valence electrons. The third kappa shape index (κ3) is 2.99. The Labute approximate surface area is 146 Å². The third-order valence-electron chi connectivity index (χ3n) is 3.69. The minimum absolute atomic E-state index is 0.0578. The number of hydrogen-bond acceptors (Lipinski definition) is 6. The van der Waals surface area contributed by atoms with E-state index in [2.05, 4.69) is 15.6 Å². The maximum atomic E-state index is 12.5. The number of nitrogens with one attached hydrogen (secondary N) is 2. The first-order valence-corrected chi connectivity index (χ1v) is 8.26. The van der Waals surface area contributed by atoms with Crippen LogP contribution in [0.4, 0.5) is 10.8 Å². The van der Waals surface area contributed by atoms with Crippen molar-refractivity contribution in [2.24, 2.45) is 0 Å². The number of nitrogens with zero attached hydrogens (tertiary/aromatic N) is 1. The van der Waals surface area contributed by atoms with Gasteiger partial charge in [0.2, 0.25) is 0 Å². The molecule has 25 heavy (non-hydrogen) atoms. The zero-order valence-corrected chi connectivity index (χ0v) is 14.0. The first-order chi connectivity index (χ1) is 12.1. The van der Waals surface area contributed by atoms with E-state index in [0.29, 0.717) is 22.1 Å². The highest BCUT2D eigenvalue weighted by atomic mass is 32.1. The molecular formula is C17H13N3O4S. The number of aromatic nitrogens is 1. The summed E-state index contributed by atoms with van der Waals surface area (Å²) < 4.78 is 11.4. The highest BCUT2D eigenvalue weighted by molar-refractivity contribution is 7.22. The Balaban J connectivity index is 1.56. The summed E-state index contributed by atoms with van der Waals surface area (Å²) in [6.07, 6.45) is 0. The largest absolute Gasteiger partial charge is 0.497 e. The summed E-state index contributed by atoms with van der Waals surface area (Å²) in [5.41, 5.74) is 1.77. The SMILES string of the molecule is COc1ccc2nc(NC(=O)c3ccc4c(c3)OCC(=O)N4)sc2c1. The monoisotopic (exact) mass is 355 g/mol. The van der Waals surface area contributed by atoms with Gasteiger partial charge in [-0.15, -0.1) is 0 Å². The number of rotatable bonds is 3. The molecule has 0 bridgehead atoms. The van der Waals surface area contributed by atoms with Crippen LogP contribution >= 0.6 is 11.3 Å². The van der Waals surface area contributed by atoms with Gasteiger partial charge in [-0.1, -0.05) is 11.3 Å². The fraction of sp³-hybridized carbons (Fsp3) is 0.118. The minimum atomic E-state index is -0.297. The van der Waals surface area contributed by atoms with Crippen LogP contribution in [0, 0.1) is 0 Å². The van der Waals surface area contributed by atoms with Crippen LogP contribution in [0.2, 0.25) is 0 Å². The molecule has 7 nitrogen and oxygen atoms in total. The van der Waals surface area contributed by atoms with Crippen molar-refractivity contribution >= 4 is 44.2 Å². The summed E-state index contributed by atoms with van der Waals surface area (Å²) in [7, 11) is 1.60. The number of methoxy groups -OCH3 is 1. The van der Waals surface area contributed by atoms with Crippen LogP contribution in [-0.2, 0) is 4.79 Å². The van der Waals surface area contributed by atoms with Gasteiger partial charge >= 0.3 is 0 Å². The number of carbonyl (C=O) groups is 2. The molecule has 8 heteroatoms. The quantitative estimate of drug-likeness (QED) is 0.754. The van der Waals surface area contributed by atoms with Gasteiger partial charge in [0.05, 0.1) is 23.0 Å². The van der Waals surface area contributed by atoms with E-state index in [0.717, 1.165) is 16.0 Å². The molecule has 0 aliphatic carbocycles. The highest BCUT2D eigenvalue weighted by Crippen LogP contribution is 2.31. The van der Waals surface area contributed by atoms with Gasteiger partial charge in [0, 0.05) is 5.56 Å². The summed E-state index contributed by atoms with van der Waals surface area (Å²) in [6, 6.07) is 10.4. The number of ether oxygens (including phenoxy) is 2. The van der Waals surface area contributed by atoms with E-state index in [1.165, 1.54) is 11.3 Å². The van der Waals surface area contributed by atoms with E-state index in [4.69, 9.17) is 9.47 Å². The second-order valence-corrected chi connectivity index (χ2v) is 6.39. The van der Waals surface area contributed by atoms with E-state index in [9.17, 15) is 9.59 Å². The molecule has 0 spiro atoms. The zero-order valence-electron chi connectivity index (χ0n) is 13.2. The Bertz CT molecular complexity index is 999. The van der Waals surface area contributed by atoms with Gasteiger partial charge in [0.1, 0.15) is 11.5 Å². The Morgan fingerprint density at radius 1 is 1.32 bits per heavy atom. The fourth-order valence-corrected chi connectivity index (χ4v) is 3.36. The van der Waals surface area contributed by atoms with E-state index in [1.54, 1.807) is 25.3 Å². The van der Waals surface area contributed by atoms with Crippen molar-refractivity contribution in [2.75, 3.05) is 24.4 Å². The lowest BCUT2D eigenvalue weighted by Crippen LogP contribution is -2.25. The summed E-state index contributed by atoms with van der Waals surface area (Å²) in [5, 5.41) is 5.97. The van der Waals surface area contributed by atoms with Gasteiger partial charge in [-0.25, -0.2) is 4.98 Å². The van der Waals surface area contributed by atoms with Gasteiger partial charge in [-0.3, -0.25) is 14.9 Å². The molecule has 1 aliphatic rings. The third-order valence-corrected chi connectivity index (χ3v) is 4.63. The van der Waals surface area contributed by atoms with Crippen molar-refractivity contribution in [3.8, 4) is 11.5 Å². The predicted molar refractivity (Wildman–Crippen MR) is 94.7 cm³/mol. The average Bonchev–Trinajstić information content (AvgIpc) is 3.02. The Hall–Kier alpha value is -3.13. The van der Waals surface area contributed by atoms with Crippen molar-refractivity contribution in [3.63, 3.8) is 0 Å². The van der Waals surface area contributed by atoms with Crippen molar-refractivity contribution in [3.05, 3.63) is 42.0 Å². The van der Waals surface area contributed by atoms with Crippen molar-refractivity contribution in [1.82, 2.24) is 4.98 Å². The van der Waals surface area contributed by atoms with Crippen LogP contribution < -0.4 is 20.1 Å². The molecule has 4 rings (SSSR count). The lowest BCUT2D eigenvalue weighted by molar-refractivity contribution is -0.118. The summed E-state index contributed by atoms with van der Waals surface area (Å²) in [6.45, 7) is -0.0578. The van der Waals surface area contributed by atoms with Gasteiger partial charge in [-0.05, 0) is 36.4 Å². The zero-order chi connectivity index (χ0) is 17.4. The number of anilines is 2. The van der Waals surface area contributed by atoms with Crippen LogP contribution in [0.3, 0.4) is 0 Å². The van der Waals surface area contributed by atoms with E-state index in [-0.39, 0.29) is 18.4 Å². The maximum Gasteiger partial charge on any atom is 0.262 e. The molecule has 2 N–H and O–H groups in total. The number of carbonyl (C=O) groups excluding carboxylic acids is 2. The minimum Gasteiger partial charge on any atom is -0.497 e. The van der Waals surface area contributed by atoms with Crippen molar-refractivity contribution < 1.29 is 19.1 Å². The number of amides is 2. The Morgan fingerprint density at radius 2 is 2.20 bits per heavy atom. The predicted octanol–water partition coefficient (Wildman–Crippen LogP) is 2.89. The molecule has 3 aromatic rings. The molecule has 0 saturated carbocycles. The summed E-state index contributed by atoms with van der Waals surface area (Å²) in [4.78, 5) is 28.1. The van der Waals surface area contributed by atoms with Gasteiger partial charge < -0.3 is 14.8 Å². The fourth-order valence-electron chi connectivity index (χ4n) is 2.47. The lowest BCUT2D eigenvalue weighted by atomic mass is 10.1. The van der Waals surface area contributed by atoms with Crippen LogP contribution in [0.15, 0.2) is 36.4 Å². The van der Waals surface area contributed by atoms with Gasteiger partial charge in [-0.2, -0.15) is 0 Å². The number of fused-ring (bicyclic) bond motifs is 2. The second-order valence-electron chi connectivity index (χ2n) is 5.35. The molecule has 0 fully saturated rings. The molecular weight excluding hydrogens is 342 g/mol. The summed E-state index contributed by atoms with van der Waals surface area (Å²) in [5.74, 6) is 0.702. The van der Waals surface area contributed by atoms with Crippen LogP contribution in [-0.4, -0.2) is 30.5 Å². The normalized spacial score (nSPS) is 12.9. The molecule has 2 heterocycles. The van der Waals surface area contributed by atoms with Gasteiger partial charge in [0.15, 0.2) is 11.7 Å². The standard InChI is InChI=1S/C17H13N3O4S/c1-23-10-3-5-12-14(7-10)25-17(19-12)20-16(22)9-2-4-11-13(6-9)24-8-15(21)18-11/h2-7H,8H2,1H3,(H,18,21)(H,19,20,22). The van der Waals surface area contributed by atoms with Gasteiger partial charge in [0.25, 0.3) is 11.8 Å². The molecule has 0 saturated heterocycles. The second kappa shape index (κ2) is 6.06. The maximum absolute atomic E-state index is 12.5. The first-order valence-electron chi connectivity index (χ1n) is 7.45. The van der Waals surface area contributed by atoms with Crippen LogP contribution in [0.5, 0.6) is 11.5 Å². The van der Waals surface area contributed by atoms with Crippen molar-refractivity contribution in [1.29, 1.82) is 0 Å². The molecule has 0 atom stereocenters. The lowest BCUT2D eigenvalue weighted by Gasteiger charge is -2.18. The summed E-state index contributed by atoms with van der Waals surface area (Å²) >= 11 is 1.37. The molecule has 1 aliphatic heterocycles. The molecule has 0 unspecified atom stereocenters. The molecule has 2 aromatic carbocycles. The van der Waals surface area contributed by atoms with E-state index >= 15 is 0 Å².